The summed E-state index contributed by atoms with van der Waals surface area (Å²) in [6, 6.07) is 14.3. The van der Waals surface area contributed by atoms with Gasteiger partial charge in [-0.05, 0) is 24.1 Å². The molecule has 3 rings (SSSR count). The molecular formula is C18H22N4O. The van der Waals surface area contributed by atoms with Crippen molar-refractivity contribution in [2.45, 2.75) is 19.9 Å². The van der Waals surface area contributed by atoms with Gasteiger partial charge in [-0.2, -0.15) is 0 Å². The van der Waals surface area contributed by atoms with Gasteiger partial charge in [0.2, 0.25) is 5.91 Å². The van der Waals surface area contributed by atoms with Crippen LogP contribution in [0.5, 0.6) is 0 Å². The highest BCUT2D eigenvalue weighted by Gasteiger charge is 2.29. The lowest BCUT2D eigenvalue weighted by atomic mass is 10.0. The number of nitrogens with two attached hydrogens (primary N) is 1. The number of pyridine rings is 1. The fourth-order valence-corrected chi connectivity index (χ4v) is 2.20. The van der Waals surface area contributed by atoms with E-state index in [0.717, 1.165) is 5.56 Å². The lowest BCUT2D eigenvalue weighted by Crippen LogP contribution is -2.48. The molecule has 1 aliphatic heterocycles. The molecule has 0 radical (unpaired) electrons. The zero-order valence-corrected chi connectivity index (χ0v) is 13.7. The minimum Gasteiger partial charge on any atom is -0.369 e. The van der Waals surface area contributed by atoms with Gasteiger partial charge in [-0.25, -0.2) is 4.99 Å². The van der Waals surface area contributed by atoms with E-state index in [1.807, 2.05) is 44.3 Å². The van der Waals surface area contributed by atoms with Crippen LogP contribution in [0.4, 0.5) is 0 Å². The van der Waals surface area contributed by atoms with Gasteiger partial charge in [0.15, 0.2) is 5.96 Å². The number of hydrogen-bond donors (Lipinski definition) is 1. The summed E-state index contributed by atoms with van der Waals surface area (Å²) in [6.07, 6.45) is 3.65. The average Bonchev–Trinajstić information content (AvgIpc) is 2.60. The quantitative estimate of drug-likeness (QED) is 0.880. The lowest BCUT2D eigenvalue weighted by Gasteiger charge is -2.28. The number of carbonyl (C=O) groups is 1. The van der Waals surface area contributed by atoms with Gasteiger partial charge in [-0.3, -0.25) is 14.7 Å². The van der Waals surface area contributed by atoms with E-state index >= 15 is 0 Å². The summed E-state index contributed by atoms with van der Waals surface area (Å²) < 4.78 is 0. The van der Waals surface area contributed by atoms with Crippen LogP contribution in [0.1, 0.15) is 13.8 Å². The zero-order chi connectivity index (χ0) is 16.8. The minimum absolute atomic E-state index is 0.0127. The second-order valence-electron chi connectivity index (χ2n) is 5.52. The molecule has 5 heteroatoms. The van der Waals surface area contributed by atoms with Crippen molar-refractivity contribution in [2.75, 3.05) is 7.05 Å². The summed E-state index contributed by atoms with van der Waals surface area (Å²) in [6.45, 7) is 3.75. The average molecular weight is 310 g/mol. The fraction of sp³-hybridized carbons (Fsp3) is 0.278. The third kappa shape index (κ3) is 4.16. The minimum atomic E-state index is -0.0488. The van der Waals surface area contributed by atoms with Crippen LogP contribution < -0.4 is 5.73 Å². The van der Waals surface area contributed by atoms with Gasteiger partial charge in [0.25, 0.3) is 0 Å². The summed E-state index contributed by atoms with van der Waals surface area (Å²) >= 11 is 0. The van der Waals surface area contributed by atoms with Crippen molar-refractivity contribution in [3.8, 4) is 11.1 Å². The molecule has 0 spiro atoms. The first-order valence-electron chi connectivity index (χ1n) is 7.57. The molecule has 1 amide bonds. The molecule has 2 heterocycles. The fourth-order valence-electron chi connectivity index (χ4n) is 2.20. The Kier molecular flexibility index (Phi) is 5.46. The Balaban J connectivity index is 0.000000168. The number of amides is 1. The van der Waals surface area contributed by atoms with Gasteiger partial charge in [0.1, 0.15) is 0 Å². The first-order valence-corrected chi connectivity index (χ1v) is 7.57. The van der Waals surface area contributed by atoms with Crippen LogP contribution in [0.15, 0.2) is 59.9 Å². The van der Waals surface area contributed by atoms with Gasteiger partial charge in [-0.15, -0.1) is 0 Å². The highest BCUT2D eigenvalue weighted by Crippen LogP contribution is 2.16. The van der Waals surface area contributed by atoms with Crippen LogP contribution in [0.2, 0.25) is 0 Å². The number of aromatic nitrogens is 1. The molecule has 0 saturated carbocycles. The number of carbonyl (C=O) groups excluding carboxylic acids is 1. The second kappa shape index (κ2) is 7.54. The second-order valence-corrected chi connectivity index (χ2v) is 5.52. The van der Waals surface area contributed by atoms with E-state index in [0.29, 0.717) is 5.96 Å². The summed E-state index contributed by atoms with van der Waals surface area (Å²) in [5, 5.41) is 0. The third-order valence-corrected chi connectivity index (χ3v) is 3.89. The predicted octanol–water partition coefficient (Wildman–Crippen LogP) is 2.55. The summed E-state index contributed by atoms with van der Waals surface area (Å²) in [4.78, 5) is 20.9. The molecule has 2 unspecified atom stereocenters. The highest BCUT2D eigenvalue weighted by atomic mass is 16.2. The molecule has 1 aromatic heterocycles. The normalized spacial score (nSPS) is 20.4. The Morgan fingerprint density at radius 1 is 1.04 bits per heavy atom. The van der Waals surface area contributed by atoms with E-state index in [4.69, 9.17) is 5.73 Å². The van der Waals surface area contributed by atoms with E-state index in [1.54, 1.807) is 13.2 Å². The molecule has 0 aliphatic carbocycles. The standard InChI is InChI=1S/C11H9N.C7H13N3O/c1-2-5-10(6-3-1)11-7-4-8-12-9-11;1-4-5(2)9-7(8)10(3)6(4)11/h1-9H;4-5H,1-3H3,(H2,8,9). The van der Waals surface area contributed by atoms with Crippen molar-refractivity contribution in [1.29, 1.82) is 0 Å². The number of aliphatic imine (C=N–C) groups is 1. The van der Waals surface area contributed by atoms with Crippen LogP contribution in [0.25, 0.3) is 11.1 Å². The molecule has 2 N–H and O–H groups in total. The molecule has 0 bridgehead atoms. The molecule has 0 fully saturated rings. The molecule has 23 heavy (non-hydrogen) atoms. The van der Waals surface area contributed by atoms with Gasteiger partial charge in [-0.1, -0.05) is 43.3 Å². The maximum Gasteiger partial charge on any atom is 0.233 e. The first-order chi connectivity index (χ1) is 11.0. The molecule has 0 saturated heterocycles. The monoisotopic (exact) mass is 310 g/mol. The number of guanidine groups is 1. The maximum absolute atomic E-state index is 11.3. The van der Waals surface area contributed by atoms with Gasteiger partial charge in [0, 0.05) is 19.4 Å². The Labute approximate surface area is 136 Å². The Hall–Kier alpha value is -2.69. The SMILES string of the molecule is CC1N=C(N)N(C)C(=O)C1C.c1ccc(-c2cccnc2)cc1. The van der Waals surface area contributed by atoms with E-state index in [2.05, 4.69) is 28.2 Å². The van der Waals surface area contributed by atoms with Crippen molar-refractivity contribution in [2.24, 2.45) is 16.6 Å². The smallest absolute Gasteiger partial charge is 0.233 e. The Morgan fingerprint density at radius 2 is 1.70 bits per heavy atom. The van der Waals surface area contributed by atoms with Crippen molar-refractivity contribution < 1.29 is 4.79 Å². The van der Waals surface area contributed by atoms with Crippen LogP contribution in [-0.2, 0) is 4.79 Å². The van der Waals surface area contributed by atoms with Crippen LogP contribution in [-0.4, -0.2) is 34.8 Å². The van der Waals surface area contributed by atoms with Gasteiger partial charge < -0.3 is 5.73 Å². The number of nitrogens with zero attached hydrogens (tertiary/aromatic N) is 3. The molecule has 120 valence electrons. The topological polar surface area (TPSA) is 71.6 Å². The van der Waals surface area contributed by atoms with Gasteiger partial charge in [0.05, 0.1) is 12.0 Å². The van der Waals surface area contributed by atoms with E-state index < -0.39 is 0 Å². The largest absolute Gasteiger partial charge is 0.369 e. The molecule has 2 atom stereocenters. The van der Waals surface area contributed by atoms with Crippen molar-refractivity contribution >= 4 is 11.9 Å². The predicted molar refractivity (Wildman–Crippen MR) is 92.7 cm³/mol. The van der Waals surface area contributed by atoms with Crippen LogP contribution in [0.3, 0.4) is 0 Å². The molecular weight excluding hydrogens is 288 g/mol. The molecule has 5 nitrogen and oxygen atoms in total. The van der Waals surface area contributed by atoms with Crippen LogP contribution >= 0.6 is 0 Å². The zero-order valence-electron chi connectivity index (χ0n) is 13.7. The number of benzene rings is 1. The van der Waals surface area contributed by atoms with Crippen molar-refractivity contribution in [3.63, 3.8) is 0 Å². The summed E-state index contributed by atoms with van der Waals surface area (Å²) in [5.41, 5.74) is 7.85. The Bertz CT molecular complexity index is 632. The summed E-state index contributed by atoms with van der Waals surface area (Å²) in [7, 11) is 1.64. The van der Waals surface area contributed by atoms with Crippen molar-refractivity contribution in [1.82, 2.24) is 9.88 Å². The lowest BCUT2D eigenvalue weighted by molar-refractivity contribution is -0.131. The molecule has 1 aromatic carbocycles. The first kappa shape index (κ1) is 16.7. The Morgan fingerprint density at radius 3 is 2.30 bits per heavy atom. The summed E-state index contributed by atoms with van der Waals surface area (Å²) in [5.74, 6) is 0.318. The van der Waals surface area contributed by atoms with Crippen LogP contribution in [0, 0.1) is 5.92 Å². The molecule has 2 aromatic rings. The third-order valence-electron chi connectivity index (χ3n) is 3.89. The number of rotatable bonds is 1. The maximum atomic E-state index is 11.3. The van der Waals surface area contributed by atoms with E-state index in [9.17, 15) is 4.79 Å². The van der Waals surface area contributed by atoms with E-state index in [1.165, 1.54) is 10.5 Å². The number of hydrogen-bond acceptors (Lipinski definition) is 4. The van der Waals surface area contributed by atoms with E-state index in [-0.39, 0.29) is 17.9 Å². The molecule has 1 aliphatic rings. The van der Waals surface area contributed by atoms with Gasteiger partial charge >= 0.3 is 0 Å². The highest BCUT2D eigenvalue weighted by molar-refractivity contribution is 5.99. The van der Waals surface area contributed by atoms with Crippen molar-refractivity contribution in [3.05, 3.63) is 54.9 Å².